The molecule has 0 bridgehead atoms. The molecular formula is C25H26ClNO3S. The van der Waals surface area contributed by atoms with Gasteiger partial charge in [-0.3, -0.25) is 9.08 Å². The SMILES string of the molecule is Cc1ccc(S(=O)(=O)OCC2CN(Cc3ccccc3)CC2c2ccc(Cl)cc2)cc1. The van der Waals surface area contributed by atoms with Gasteiger partial charge < -0.3 is 0 Å². The predicted octanol–water partition coefficient (Wildman–Crippen LogP) is 5.27. The van der Waals surface area contributed by atoms with Crippen LogP contribution in [0.1, 0.15) is 22.6 Å². The number of benzene rings is 3. The quantitative estimate of drug-likeness (QED) is 0.455. The summed E-state index contributed by atoms with van der Waals surface area (Å²) in [4.78, 5) is 2.56. The second-order valence-electron chi connectivity index (χ2n) is 8.15. The number of likely N-dealkylation sites (tertiary alicyclic amines) is 1. The molecule has 0 N–H and O–H groups in total. The Kier molecular flexibility index (Phi) is 6.77. The first kappa shape index (κ1) is 22.0. The highest BCUT2D eigenvalue weighted by Crippen LogP contribution is 2.35. The molecule has 0 amide bonds. The van der Waals surface area contributed by atoms with E-state index >= 15 is 0 Å². The van der Waals surface area contributed by atoms with Crippen molar-refractivity contribution in [2.45, 2.75) is 24.3 Å². The molecule has 1 fully saturated rings. The molecule has 6 heteroatoms. The van der Waals surface area contributed by atoms with Crippen LogP contribution in [0, 0.1) is 12.8 Å². The number of hydrogen-bond donors (Lipinski definition) is 0. The van der Waals surface area contributed by atoms with Gasteiger partial charge in [0.1, 0.15) is 0 Å². The van der Waals surface area contributed by atoms with E-state index in [1.807, 2.05) is 49.4 Å². The molecule has 0 spiro atoms. The fraction of sp³-hybridized carbons (Fsp3) is 0.280. The van der Waals surface area contributed by atoms with Gasteiger partial charge in [0.15, 0.2) is 0 Å². The van der Waals surface area contributed by atoms with Crippen LogP contribution in [-0.4, -0.2) is 33.0 Å². The van der Waals surface area contributed by atoms with Gasteiger partial charge in [0.2, 0.25) is 0 Å². The van der Waals surface area contributed by atoms with Crippen LogP contribution in [-0.2, 0) is 20.8 Å². The molecule has 3 aromatic rings. The molecule has 1 aliphatic rings. The van der Waals surface area contributed by atoms with Gasteiger partial charge in [0.05, 0.1) is 11.5 Å². The lowest BCUT2D eigenvalue weighted by Gasteiger charge is -2.19. The van der Waals surface area contributed by atoms with E-state index in [-0.39, 0.29) is 23.3 Å². The normalized spacial score (nSPS) is 19.5. The Bertz CT molecular complexity index is 1100. The fourth-order valence-electron chi connectivity index (χ4n) is 4.14. The molecule has 1 heterocycles. The second-order valence-corrected chi connectivity index (χ2v) is 10.2. The van der Waals surface area contributed by atoms with Crippen molar-refractivity contribution in [1.29, 1.82) is 0 Å². The molecule has 0 radical (unpaired) electrons. The minimum Gasteiger partial charge on any atom is -0.298 e. The van der Waals surface area contributed by atoms with Gasteiger partial charge in [-0.2, -0.15) is 8.42 Å². The standard InChI is InChI=1S/C25H26ClNO3S/c1-19-7-13-24(14-8-19)31(28,29)30-18-22-16-27(15-20-5-3-2-4-6-20)17-25(22)21-9-11-23(26)12-10-21/h2-14,22,25H,15-18H2,1H3. The van der Waals surface area contributed by atoms with Gasteiger partial charge in [-0.25, -0.2) is 0 Å². The highest BCUT2D eigenvalue weighted by Gasteiger charge is 2.35. The average molecular weight is 456 g/mol. The molecule has 1 saturated heterocycles. The molecule has 0 aliphatic carbocycles. The zero-order chi connectivity index (χ0) is 21.8. The Morgan fingerprint density at radius 1 is 0.935 bits per heavy atom. The summed E-state index contributed by atoms with van der Waals surface area (Å²) in [7, 11) is -3.79. The molecule has 2 atom stereocenters. The molecule has 162 valence electrons. The van der Waals surface area contributed by atoms with Crippen LogP contribution in [0.5, 0.6) is 0 Å². The molecule has 0 saturated carbocycles. The van der Waals surface area contributed by atoms with E-state index in [2.05, 4.69) is 17.0 Å². The maximum Gasteiger partial charge on any atom is 0.296 e. The maximum absolute atomic E-state index is 12.7. The van der Waals surface area contributed by atoms with Crippen molar-refractivity contribution in [3.8, 4) is 0 Å². The van der Waals surface area contributed by atoms with Gasteiger partial charge in [-0.1, -0.05) is 71.8 Å². The minimum absolute atomic E-state index is 0.0603. The van der Waals surface area contributed by atoms with Gasteiger partial charge in [0.25, 0.3) is 10.1 Å². The molecule has 0 aromatic heterocycles. The predicted molar refractivity (Wildman–Crippen MR) is 124 cm³/mol. The van der Waals surface area contributed by atoms with Gasteiger partial charge in [-0.15, -0.1) is 0 Å². The van der Waals surface area contributed by atoms with E-state index in [9.17, 15) is 8.42 Å². The van der Waals surface area contributed by atoms with Crippen molar-refractivity contribution in [1.82, 2.24) is 4.90 Å². The Labute approximate surface area is 189 Å². The number of aryl methyl sites for hydroxylation is 1. The third-order valence-electron chi connectivity index (χ3n) is 5.81. The third-order valence-corrected chi connectivity index (χ3v) is 7.36. The topological polar surface area (TPSA) is 46.6 Å². The van der Waals surface area contributed by atoms with Gasteiger partial charge >= 0.3 is 0 Å². The summed E-state index contributed by atoms with van der Waals surface area (Å²) in [5.41, 5.74) is 3.40. The van der Waals surface area contributed by atoms with Crippen molar-refractivity contribution in [3.63, 3.8) is 0 Å². The van der Waals surface area contributed by atoms with Crippen molar-refractivity contribution in [2.24, 2.45) is 5.92 Å². The van der Waals surface area contributed by atoms with Gasteiger partial charge in [0, 0.05) is 36.5 Å². The minimum atomic E-state index is -3.79. The first-order chi connectivity index (χ1) is 14.9. The van der Waals surface area contributed by atoms with E-state index in [1.54, 1.807) is 24.3 Å². The van der Waals surface area contributed by atoms with Crippen molar-refractivity contribution in [3.05, 3.63) is 101 Å². The summed E-state index contributed by atoms with van der Waals surface area (Å²) < 4.78 is 30.9. The van der Waals surface area contributed by atoms with Crippen LogP contribution >= 0.6 is 11.6 Å². The maximum atomic E-state index is 12.7. The molecule has 31 heavy (non-hydrogen) atoms. The van der Waals surface area contributed by atoms with Crippen molar-refractivity contribution >= 4 is 21.7 Å². The summed E-state index contributed by atoms with van der Waals surface area (Å²) in [5.74, 6) is 0.235. The van der Waals surface area contributed by atoms with Crippen LogP contribution in [0.4, 0.5) is 0 Å². The number of rotatable bonds is 7. The Hall–Kier alpha value is -2.18. The lowest BCUT2D eigenvalue weighted by Crippen LogP contribution is -2.22. The molecule has 4 nitrogen and oxygen atoms in total. The first-order valence-electron chi connectivity index (χ1n) is 10.4. The summed E-state index contributed by atoms with van der Waals surface area (Å²) in [6, 6.07) is 24.9. The fourth-order valence-corrected chi connectivity index (χ4v) is 5.22. The second kappa shape index (κ2) is 9.53. The van der Waals surface area contributed by atoms with Crippen LogP contribution in [0.15, 0.2) is 83.8 Å². The van der Waals surface area contributed by atoms with E-state index in [0.717, 1.165) is 30.8 Å². The number of hydrogen-bond acceptors (Lipinski definition) is 4. The van der Waals surface area contributed by atoms with Crippen LogP contribution in [0.25, 0.3) is 0 Å². The van der Waals surface area contributed by atoms with Crippen molar-refractivity contribution in [2.75, 3.05) is 19.7 Å². The Balaban J connectivity index is 1.50. The lowest BCUT2D eigenvalue weighted by atomic mass is 9.90. The van der Waals surface area contributed by atoms with E-state index < -0.39 is 10.1 Å². The van der Waals surface area contributed by atoms with E-state index in [0.29, 0.717) is 5.02 Å². The summed E-state index contributed by atoms with van der Waals surface area (Å²) >= 11 is 6.08. The largest absolute Gasteiger partial charge is 0.298 e. The molecule has 3 aromatic carbocycles. The Morgan fingerprint density at radius 3 is 2.29 bits per heavy atom. The highest BCUT2D eigenvalue weighted by molar-refractivity contribution is 7.86. The van der Waals surface area contributed by atoms with Crippen molar-refractivity contribution < 1.29 is 12.6 Å². The molecule has 2 unspecified atom stereocenters. The summed E-state index contributed by atoms with van der Waals surface area (Å²) in [6.07, 6.45) is 0. The zero-order valence-corrected chi connectivity index (χ0v) is 19.0. The van der Waals surface area contributed by atoms with E-state index in [1.165, 1.54) is 5.56 Å². The summed E-state index contributed by atoms with van der Waals surface area (Å²) in [6.45, 7) is 4.51. The number of nitrogens with zero attached hydrogens (tertiary/aromatic N) is 1. The highest BCUT2D eigenvalue weighted by atomic mass is 35.5. The zero-order valence-electron chi connectivity index (χ0n) is 17.4. The van der Waals surface area contributed by atoms with Gasteiger partial charge in [-0.05, 0) is 42.3 Å². The van der Waals surface area contributed by atoms with Crippen LogP contribution in [0.3, 0.4) is 0 Å². The Morgan fingerprint density at radius 2 is 1.61 bits per heavy atom. The monoisotopic (exact) mass is 455 g/mol. The lowest BCUT2D eigenvalue weighted by molar-refractivity contribution is 0.237. The molecular weight excluding hydrogens is 430 g/mol. The van der Waals surface area contributed by atoms with Crippen LogP contribution < -0.4 is 0 Å². The molecule has 1 aliphatic heterocycles. The van der Waals surface area contributed by atoms with Crippen LogP contribution in [0.2, 0.25) is 5.02 Å². The third kappa shape index (κ3) is 5.55. The van der Waals surface area contributed by atoms with E-state index in [4.69, 9.17) is 15.8 Å². The first-order valence-corrected chi connectivity index (χ1v) is 12.2. The summed E-state index contributed by atoms with van der Waals surface area (Å²) in [5, 5.41) is 0.692. The smallest absolute Gasteiger partial charge is 0.296 e. The molecule has 4 rings (SSSR count). The average Bonchev–Trinajstić information content (AvgIpc) is 3.16. The number of halogens is 1.